The van der Waals surface area contributed by atoms with Crippen LogP contribution in [0.25, 0.3) is 0 Å². The zero-order valence-corrected chi connectivity index (χ0v) is 34.6. The second-order valence-electron chi connectivity index (χ2n) is 3.49. The van der Waals surface area contributed by atoms with Gasteiger partial charge in [-0.05, 0) is 24.7 Å². The smallest absolute Gasteiger partial charge is 0.177 e. The van der Waals surface area contributed by atoms with E-state index in [0.29, 0.717) is 0 Å². The fourth-order valence-electron chi connectivity index (χ4n) is 1.73. The van der Waals surface area contributed by atoms with Crippen molar-refractivity contribution in [3.63, 3.8) is 0 Å². The van der Waals surface area contributed by atoms with Gasteiger partial charge in [0.05, 0.1) is 0 Å². The molecule has 1 N–H and O–H groups in total. The van der Waals surface area contributed by atoms with Crippen LogP contribution in [0.2, 0.25) is 0 Å². The number of aromatic nitrogens is 2. The minimum Gasteiger partial charge on any atom is -0.337 e. The molecule has 0 amide bonds. The van der Waals surface area contributed by atoms with Crippen molar-refractivity contribution in [1.29, 1.82) is 0 Å². The Labute approximate surface area is 268 Å². The number of hydrogen-bond acceptors (Lipinski definition) is 1. The van der Waals surface area contributed by atoms with Crippen molar-refractivity contribution in [2.24, 2.45) is 0 Å². The first kappa shape index (κ1) is 65.8. The summed E-state index contributed by atoms with van der Waals surface area (Å²) in [6.45, 7) is 43.0. The monoisotopic (exact) mass is 772 g/mol. The molecule has 0 atom stereocenters. The molecule has 0 fully saturated rings. The second-order valence-corrected chi connectivity index (χ2v) is 3.88. The number of nitrogens with one attached hydrogen (secondary N) is 1. The van der Waals surface area contributed by atoms with Crippen LogP contribution in [0.4, 0.5) is 0 Å². The Morgan fingerprint density at radius 1 is 0.595 bits per heavy atom. The molecule has 2 aromatic rings. The van der Waals surface area contributed by atoms with Crippen LogP contribution in [0.5, 0.6) is 0 Å². The van der Waals surface area contributed by atoms with Crippen molar-refractivity contribution in [1.82, 2.24) is 9.55 Å². The summed E-state index contributed by atoms with van der Waals surface area (Å²) in [5.74, 6) is 0. The lowest BCUT2D eigenvalue weighted by molar-refractivity contribution is 0.713. The molecule has 1 aromatic carbocycles. The van der Waals surface area contributed by atoms with Crippen LogP contribution in [0, 0.1) is 4.77 Å². The Bertz CT molecular complexity index is 497. The molecule has 5 heteroatoms. The van der Waals surface area contributed by atoms with Crippen LogP contribution in [0.1, 0.15) is 157 Å². The zero-order valence-electron chi connectivity index (χ0n) is 29.5. The molecule has 0 spiro atoms. The molecule has 2 nitrogen and oxygen atoms in total. The average molecular weight is 773 g/mol. The van der Waals surface area contributed by atoms with Crippen LogP contribution >= 0.6 is 49.4 Å². The molecule has 1 heterocycles. The Morgan fingerprint density at radius 3 is 1.16 bits per heavy atom. The van der Waals surface area contributed by atoms with Gasteiger partial charge in [0.1, 0.15) is 0 Å². The molecule has 1 aromatic heterocycles. The maximum Gasteiger partial charge on any atom is 0.177 e. The first-order valence-electron chi connectivity index (χ1n) is 15.3. The summed E-state index contributed by atoms with van der Waals surface area (Å²) < 4.78 is 2.94. The number of hydrogen-bond donors (Lipinski definition) is 1. The van der Waals surface area contributed by atoms with Gasteiger partial charge in [0.25, 0.3) is 0 Å². The third kappa shape index (κ3) is 57.2. The minimum absolute atomic E-state index is 0.809. The molecular formula is C32H74I2N2S. The van der Waals surface area contributed by atoms with Crippen molar-refractivity contribution in [3.05, 3.63) is 52.6 Å². The number of benzene rings is 1. The van der Waals surface area contributed by atoms with Crippen molar-refractivity contribution in [2.75, 3.05) is 0 Å². The topological polar surface area (TPSA) is 20.7 Å². The quantitative estimate of drug-likeness (QED) is 0.243. The molecule has 0 radical (unpaired) electrons. The lowest BCUT2D eigenvalue weighted by Crippen LogP contribution is -2.01. The Morgan fingerprint density at radius 2 is 0.892 bits per heavy atom. The molecule has 0 unspecified atom stereocenters. The summed E-state index contributed by atoms with van der Waals surface area (Å²) >= 11 is 9.44. The zero-order chi connectivity index (χ0) is 32.7. The van der Waals surface area contributed by atoms with Gasteiger partial charge in [-0.3, -0.25) is 0 Å². The van der Waals surface area contributed by atoms with Crippen LogP contribution in [0.15, 0.2) is 36.5 Å². The third-order valence-corrected chi connectivity index (χ3v) is 2.84. The highest BCUT2D eigenvalue weighted by Crippen LogP contribution is 2.09. The number of aromatic amines is 1. The second kappa shape index (κ2) is 99.9. The SMILES string of the molecule is CC.CC.CC.CC.CC.CC.CC.CC.CC.CC.CCn1c(Cc2ccccc2)c[nH]c1=S.II. The number of H-pyrrole nitrogens is 1. The number of rotatable bonds is 3. The van der Waals surface area contributed by atoms with Gasteiger partial charge in [-0.15, -0.1) is 0 Å². The first-order valence-corrected chi connectivity index (χ1v) is 22.0. The van der Waals surface area contributed by atoms with Crippen molar-refractivity contribution >= 4 is 49.4 Å². The van der Waals surface area contributed by atoms with Crippen molar-refractivity contribution in [3.8, 4) is 0 Å². The Hall–Kier alpha value is 0.110. The highest BCUT2D eigenvalue weighted by Gasteiger charge is 2.02. The van der Waals surface area contributed by atoms with E-state index >= 15 is 0 Å². The van der Waals surface area contributed by atoms with Gasteiger partial charge in [-0.2, -0.15) is 0 Å². The predicted molar refractivity (Wildman–Crippen MR) is 206 cm³/mol. The molecule has 37 heavy (non-hydrogen) atoms. The van der Waals surface area contributed by atoms with E-state index < -0.39 is 0 Å². The molecule has 0 saturated carbocycles. The van der Waals surface area contributed by atoms with E-state index in [-0.39, 0.29) is 0 Å². The Kier molecular flexibility index (Phi) is 178. The van der Waals surface area contributed by atoms with E-state index in [0.717, 1.165) is 17.7 Å². The van der Waals surface area contributed by atoms with Gasteiger partial charge < -0.3 is 9.55 Å². The van der Waals surface area contributed by atoms with Gasteiger partial charge in [-0.25, -0.2) is 0 Å². The fourth-order valence-corrected chi connectivity index (χ4v) is 2.03. The molecule has 232 valence electrons. The van der Waals surface area contributed by atoms with E-state index in [1.54, 1.807) is 0 Å². The van der Waals surface area contributed by atoms with E-state index in [9.17, 15) is 0 Å². The molecule has 0 saturated heterocycles. The van der Waals surface area contributed by atoms with Gasteiger partial charge in [-0.1, -0.05) is 169 Å². The maximum atomic E-state index is 5.20. The predicted octanol–water partition coefficient (Wildman–Crippen LogP) is 15.2. The maximum absolute atomic E-state index is 5.20. The summed E-state index contributed by atoms with van der Waals surface area (Å²) in [5, 5.41) is 0. The number of nitrogens with zero attached hydrogens (tertiary/aromatic N) is 1. The van der Waals surface area contributed by atoms with E-state index in [2.05, 4.69) is 78.0 Å². The van der Waals surface area contributed by atoms with Gasteiger partial charge in [0.2, 0.25) is 0 Å². The normalized spacial score (nSPS) is 6.03. The lowest BCUT2D eigenvalue weighted by Gasteiger charge is -2.04. The summed E-state index contributed by atoms with van der Waals surface area (Å²) in [6.07, 6.45) is 2.93. The van der Waals surface area contributed by atoms with E-state index in [4.69, 9.17) is 12.2 Å². The summed E-state index contributed by atoms with van der Waals surface area (Å²) in [4.78, 5) is 3.09. The van der Waals surface area contributed by atoms with Crippen LogP contribution in [-0.4, -0.2) is 9.55 Å². The number of halogens is 2. The summed E-state index contributed by atoms with van der Waals surface area (Å²) in [6, 6.07) is 10.4. The minimum atomic E-state index is 0.809. The summed E-state index contributed by atoms with van der Waals surface area (Å²) in [7, 11) is 0. The highest BCUT2D eigenvalue weighted by molar-refractivity contribution is 15.0. The molecule has 0 aliphatic heterocycles. The van der Waals surface area contributed by atoms with Crippen LogP contribution in [0.3, 0.4) is 0 Å². The fraction of sp³-hybridized carbons (Fsp3) is 0.719. The van der Waals surface area contributed by atoms with Crippen molar-refractivity contribution in [2.45, 2.75) is 158 Å². The van der Waals surface area contributed by atoms with Crippen molar-refractivity contribution < 1.29 is 0 Å². The number of imidazole rings is 1. The average Bonchev–Trinajstić information content (AvgIpc) is 3.42. The molecule has 0 aliphatic rings. The third-order valence-electron chi connectivity index (χ3n) is 2.50. The summed E-state index contributed by atoms with van der Waals surface area (Å²) in [5.41, 5.74) is 2.56. The first-order chi connectivity index (χ1) is 18.3. The van der Waals surface area contributed by atoms with E-state index in [1.165, 1.54) is 11.3 Å². The van der Waals surface area contributed by atoms with Crippen LogP contribution < -0.4 is 0 Å². The highest BCUT2D eigenvalue weighted by atomic mass is 128. The van der Waals surface area contributed by atoms with Gasteiger partial charge >= 0.3 is 0 Å². The van der Waals surface area contributed by atoms with Gasteiger partial charge in [0, 0.05) is 62.1 Å². The largest absolute Gasteiger partial charge is 0.337 e. The molecular weight excluding hydrogens is 698 g/mol. The Balaban J connectivity index is -0.0000000352. The van der Waals surface area contributed by atoms with E-state index in [1.807, 2.05) is 151 Å². The molecule has 2 rings (SSSR count). The van der Waals surface area contributed by atoms with Gasteiger partial charge in [0.15, 0.2) is 4.77 Å². The van der Waals surface area contributed by atoms with Crippen LogP contribution in [-0.2, 0) is 13.0 Å². The molecule has 0 bridgehead atoms. The standard InChI is InChI=1S/C12H14N2S.10C2H6.I2/c1-2-14-11(9-13-12(14)15)8-10-6-4-3-5-7-10;11*1-2/h3-7,9H,2,8H2,1H3,(H,13,15);10*1-2H3;. The molecule has 0 aliphatic carbocycles. The lowest BCUT2D eigenvalue weighted by atomic mass is 10.1.